The van der Waals surface area contributed by atoms with Crippen LogP contribution in [0.4, 0.5) is 0 Å². The lowest BCUT2D eigenvalue weighted by Crippen LogP contribution is -2.30. The first-order valence-corrected chi connectivity index (χ1v) is 37.8. The van der Waals surface area contributed by atoms with Gasteiger partial charge in [0.15, 0.2) is 12.2 Å². The third-order valence-electron chi connectivity index (χ3n) is 15.4. The Labute approximate surface area is 524 Å². The molecule has 0 saturated carbocycles. The molecule has 0 aromatic heterocycles. The Morgan fingerprint density at radius 1 is 0.314 bits per heavy atom. The van der Waals surface area contributed by atoms with Crippen molar-refractivity contribution in [1.29, 1.82) is 0 Å². The lowest BCUT2D eigenvalue weighted by atomic mass is 10.0. The zero-order chi connectivity index (χ0) is 63.8. The van der Waals surface area contributed by atoms with Crippen LogP contribution in [-0.2, 0) is 65.4 Å². The van der Waals surface area contributed by atoms with E-state index >= 15 is 0 Å². The molecule has 2 unspecified atom stereocenters. The van der Waals surface area contributed by atoms with E-state index in [1.54, 1.807) is 0 Å². The minimum absolute atomic E-state index is 0.104. The van der Waals surface area contributed by atoms with Crippen LogP contribution in [0.2, 0.25) is 0 Å². The number of carbonyl (C=O) groups excluding carboxylic acids is 4. The maximum Gasteiger partial charge on any atom is 0.472 e. The van der Waals surface area contributed by atoms with Crippen LogP contribution in [0.25, 0.3) is 0 Å². The Morgan fingerprint density at radius 3 is 0.791 bits per heavy atom. The molecule has 0 aromatic rings. The number of hydrogen-bond donors (Lipinski definition) is 3. The quantitative estimate of drug-likeness (QED) is 0.0222. The van der Waals surface area contributed by atoms with E-state index in [2.05, 4.69) is 48.5 Å². The van der Waals surface area contributed by atoms with Gasteiger partial charge in [0, 0.05) is 25.7 Å². The van der Waals surface area contributed by atoms with E-state index in [9.17, 15) is 43.2 Å². The first-order chi connectivity index (χ1) is 41.2. The van der Waals surface area contributed by atoms with Crippen LogP contribution >= 0.6 is 15.6 Å². The summed E-state index contributed by atoms with van der Waals surface area (Å²) in [5.74, 6) is 0.122. The van der Waals surface area contributed by atoms with Gasteiger partial charge in [-0.15, -0.1) is 0 Å². The molecule has 0 aromatic carbocycles. The van der Waals surface area contributed by atoms with E-state index in [0.29, 0.717) is 25.7 Å². The smallest absolute Gasteiger partial charge is 0.462 e. The fraction of sp³-hybridized carbons (Fsp3) is 0.940. The molecule has 0 bridgehead atoms. The second kappa shape index (κ2) is 58.2. The highest BCUT2D eigenvalue weighted by molar-refractivity contribution is 7.47. The number of esters is 4. The highest BCUT2D eigenvalue weighted by atomic mass is 31.2. The summed E-state index contributed by atoms with van der Waals surface area (Å²) >= 11 is 0. The largest absolute Gasteiger partial charge is 0.472 e. The number of ether oxygens (including phenoxy) is 4. The van der Waals surface area contributed by atoms with Crippen LogP contribution in [0, 0.1) is 17.8 Å². The number of rotatable bonds is 65. The van der Waals surface area contributed by atoms with Gasteiger partial charge in [0.1, 0.15) is 19.3 Å². The molecule has 0 aliphatic carbocycles. The van der Waals surface area contributed by atoms with Crippen molar-refractivity contribution < 1.29 is 80.2 Å². The number of phosphoric acid groups is 2. The Morgan fingerprint density at radius 2 is 0.535 bits per heavy atom. The summed E-state index contributed by atoms with van der Waals surface area (Å²) in [7, 11) is -9.89. The van der Waals surface area contributed by atoms with E-state index in [0.717, 1.165) is 120 Å². The Bertz CT molecular complexity index is 1700. The SMILES string of the molecule is CCCCCCCCCC(=O)OC[C@H](COP(=O)(O)OC[C@H](O)COP(=O)(O)OC[C@@H](COC(=O)CCCCCCCCCCCC(C)C)OC(=O)CCCCCCCCCCCCCCC(C)C)OC(=O)CCCCCCCCCCCC(C)C. The van der Waals surface area contributed by atoms with Gasteiger partial charge >= 0.3 is 39.5 Å². The molecule has 17 nitrogen and oxygen atoms in total. The highest BCUT2D eigenvalue weighted by Gasteiger charge is 2.30. The molecule has 0 heterocycles. The molecule has 86 heavy (non-hydrogen) atoms. The van der Waals surface area contributed by atoms with Crippen LogP contribution < -0.4 is 0 Å². The third-order valence-corrected chi connectivity index (χ3v) is 17.3. The van der Waals surface area contributed by atoms with E-state index in [4.69, 9.17) is 37.0 Å². The molecule has 510 valence electrons. The Kier molecular flexibility index (Phi) is 56.9. The second-order valence-electron chi connectivity index (χ2n) is 25.6. The van der Waals surface area contributed by atoms with Crippen molar-refractivity contribution in [1.82, 2.24) is 0 Å². The van der Waals surface area contributed by atoms with E-state index in [1.165, 1.54) is 128 Å². The molecule has 0 radical (unpaired) electrons. The summed E-state index contributed by atoms with van der Waals surface area (Å²) in [5, 5.41) is 10.6. The average molecular weight is 1270 g/mol. The number of unbranched alkanes of at least 4 members (excludes halogenated alkanes) is 33. The standard InChI is InChI=1S/C67H130O17P2/c1-8-9-10-11-24-34-41-48-64(69)77-54-62(83-67(72)51-44-37-30-23-17-20-27-33-40-47-60(6)7)56-81-85(73,74)79-52-61(68)53-80-86(75,76)82-57-63(55-78-65(70)49-42-35-28-22-16-19-26-32-39-46-59(4)5)84-66(71)50-43-36-29-21-15-13-12-14-18-25-31-38-45-58(2)3/h58-63,68H,8-57H2,1-7H3,(H,73,74)(H,75,76)/t61-,62+,63+/m0/s1. The second-order valence-corrected chi connectivity index (χ2v) is 28.5. The van der Waals surface area contributed by atoms with Crippen molar-refractivity contribution >= 4 is 39.5 Å². The molecule has 0 aliphatic rings. The number of aliphatic hydroxyl groups excluding tert-OH is 1. The fourth-order valence-corrected chi connectivity index (χ4v) is 11.6. The molecule has 5 atom stereocenters. The fourth-order valence-electron chi connectivity index (χ4n) is 10.0. The predicted octanol–water partition coefficient (Wildman–Crippen LogP) is 18.7. The van der Waals surface area contributed by atoms with Crippen molar-refractivity contribution in [3.05, 3.63) is 0 Å². The molecular formula is C67H130O17P2. The lowest BCUT2D eigenvalue weighted by molar-refractivity contribution is -0.161. The maximum atomic E-state index is 13.0. The molecule has 19 heteroatoms. The molecule has 3 N–H and O–H groups in total. The summed E-state index contributed by atoms with van der Waals surface area (Å²) in [6.45, 7) is 11.8. The summed E-state index contributed by atoms with van der Waals surface area (Å²) in [4.78, 5) is 72.3. The predicted molar refractivity (Wildman–Crippen MR) is 344 cm³/mol. The summed E-state index contributed by atoms with van der Waals surface area (Å²) in [6.07, 6.45) is 40.4. The molecule has 0 amide bonds. The monoisotopic (exact) mass is 1270 g/mol. The van der Waals surface area contributed by atoms with E-state index in [1.807, 2.05) is 0 Å². The van der Waals surface area contributed by atoms with Gasteiger partial charge in [-0.1, -0.05) is 280 Å². The van der Waals surface area contributed by atoms with Crippen molar-refractivity contribution in [3.63, 3.8) is 0 Å². The van der Waals surface area contributed by atoms with E-state index < -0.39 is 97.5 Å². The zero-order valence-electron chi connectivity index (χ0n) is 55.8. The van der Waals surface area contributed by atoms with Crippen LogP contribution in [0.3, 0.4) is 0 Å². The molecule has 0 rings (SSSR count). The topological polar surface area (TPSA) is 237 Å². The summed E-state index contributed by atoms with van der Waals surface area (Å²) < 4.78 is 68.1. The molecule has 0 fully saturated rings. The van der Waals surface area contributed by atoms with Gasteiger partial charge in [0.25, 0.3) is 0 Å². The van der Waals surface area contributed by atoms with Crippen molar-refractivity contribution in [2.75, 3.05) is 39.6 Å². The number of aliphatic hydroxyl groups is 1. The normalized spacial score (nSPS) is 14.3. The van der Waals surface area contributed by atoms with Gasteiger partial charge < -0.3 is 33.8 Å². The van der Waals surface area contributed by atoms with Crippen LogP contribution in [0.5, 0.6) is 0 Å². The van der Waals surface area contributed by atoms with Crippen molar-refractivity contribution in [2.45, 2.75) is 349 Å². The Hall–Kier alpha value is -1.94. The highest BCUT2D eigenvalue weighted by Crippen LogP contribution is 2.45. The van der Waals surface area contributed by atoms with Gasteiger partial charge in [0.05, 0.1) is 26.4 Å². The Balaban J connectivity index is 5.22. The van der Waals surface area contributed by atoms with Gasteiger partial charge in [0.2, 0.25) is 0 Å². The maximum absolute atomic E-state index is 13.0. The summed E-state index contributed by atoms with van der Waals surface area (Å²) in [5.41, 5.74) is 0. The first kappa shape index (κ1) is 84.1. The summed E-state index contributed by atoms with van der Waals surface area (Å²) in [6, 6.07) is 0. The minimum Gasteiger partial charge on any atom is -0.462 e. The van der Waals surface area contributed by atoms with Gasteiger partial charge in [-0.25, -0.2) is 9.13 Å². The van der Waals surface area contributed by atoms with Gasteiger partial charge in [-0.3, -0.25) is 37.3 Å². The molecule has 0 aliphatic heterocycles. The zero-order valence-corrected chi connectivity index (χ0v) is 57.6. The molecular weight excluding hydrogens is 1140 g/mol. The van der Waals surface area contributed by atoms with Crippen LogP contribution in [0.15, 0.2) is 0 Å². The van der Waals surface area contributed by atoms with Crippen LogP contribution in [0.1, 0.15) is 331 Å². The first-order valence-electron chi connectivity index (χ1n) is 34.8. The lowest BCUT2D eigenvalue weighted by Gasteiger charge is -2.21. The average Bonchev–Trinajstić information content (AvgIpc) is 3.67. The number of carbonyl (C=O) groups is 4. The number of hydrogen-bond acceptors (Lipinski definition) is 15. The van der Waals surface area contributed by atoms with Crippen molar-refractivity contribution in [3.8, 4) is 0 Å². The minimum atomic E-state index is -4.95. The van der Waals surface area contributed by atoms with Crippen LogP contribution in [-0.4, -0.2) is 96.7 Å². The number of phosphoric ester groups is 2. The molecule has 0 saturated heterocycles. The van der Waals surface area contributed by atoms with Gasteiger partial charge in [-0.05, 0) is 43.4 Å². The van der Waals surface area contributed by atoms with E-state index in [-0.39, 0.29) is 25.7 Å². The molecule has 0 spiro atoms. The van der Waals surface area contributed by atoms with Gasteiger partial charge in [-0.2, -0.15) is 0 Å². The third kappa shape index (κ3) is 60.9. The van der Waals surface area contributed by atoms with Crippen molar-refractivity contribution in [2.24, 2.45) is 17.8 Å².